The number of benzene rings is 2. The lowest BCUT2D eigenvalue weighted by Gasteiger charge is -2.46. The molecule has 4 atom stereocenters. The second-order valence-corrected chi connectivity index (χ2v) is 7.61. The fraction of sp³-hybridized carbons (Fsp3) is 0.391. The molecule has 0 nitrogen and oxygen atoms in total. The molecule has 0 aromatic heterocycles. The van der Waals surface area contributed by atoms with E-state index < -0.39 is 11.6 Å². The topological polar surface area (TPSA) is 0 Å². The zero-order chi connectivity index (χ0) is 18.3. The summed E-state index contributed by atoms with van der Waals surface area (Å²) < 4.78 is 41.6. The molecular formula is C23H23F3. The first-order chi connectivity index (χ1) is 12.6. The molecular weight excluding hydrogens is 333 g/mol. The Balaban J connectivity index is 1.77. The average molecular weight is 356 g/mol. The van der Waals surface area contributed by atoms with Crippen LogP contribution in [-0.4, -0.2) is 0 Å². The number of hydrogen-bond acceptors (Lipinski definition) is 0. The van der Waals surface area contributed by atoms with Gasteiger partial charge in [0.05, 0.1) is 0 Å². The Labute approximate surface area is 152 Å². The van der Waals surface area contributed by atoms with E-state index >= 15 is 0 Å². The zero-order valence-electron chi connectivity index (χ0n) is 14.9. The molecule has 4 unspecified atom stereocenters. The third-order valence-electron chi connectivity index (χ3n) is 6.27. The van der Waals surface area contributed by atoms with Gasteiger partial charge in [-0.2, -0.15) is 0 Å². The minimum absolute atomic E-state index is 0.167. The molecule has 0 bridgehead atoms. The number of fused-ring (bicyclic) bond motifs is 3. The van der Waals surface area contributed by atoms with Gasteiger partial charge in [0.15, 0.2) is 0 Å². The Morgan fingerprint density at radius 2 is 1.69 bits per heavy atom. The number of rotatable bonds is 2. The molecule has 4 rings (SSSR count). The molecule has 1 fully saturated rings. The Hall–Kier alpha value is -2.03. The highest BCUT2D eigenvalue weighted by atomic mass is 19.1. The highest BCUT2D eigenvalue weighted by molar-refractivity contribution is 5.38. The van der Waals surface area contributed by atoms with E-state index in [0.717, 1.165) is 36.5 Å². The second-order valence-electron chi connectivity index (χ2n) is 7.61. The number of hydrogen-bond donors (Lipinski definition) is 0. The first-order valence-corrected chi connectivity index (χ1v) is 9.44. The monoisotopic (exact) mass is 356 g/mol. The van der Waals surface area contributed by atoms with Crippen molar-refractivity contribution >= 4 is 0 Å². The first-order valence-electron chi connectivity index (χ1n) is 9.44. The van der Waals surface area contributed by atoms with Crippen molar-refractivity contribution < 1.29 is 13.2 Å². The predicted octanol–water partition coefficient (Wildman–Crippen LogP) is 6.52. The molecule has 0 saturated heterocycles. The van der Waals surface area contributed by atoms with Crippen LogP contribution in [0.2, 0.25) is 0 Å². The van der Waals surface area contributed by atoms with Crippen molar-refractivity contribution in [2.75, 3.05) is 0 Å². The van der Waals surface area contributed by atoms with E-state index in [1.54, 1.807) is 0 Å². The molecule has 2 aliphatic rings. The van der Waals surface area contributed by atoms with E-state index in [2.05, 4.69) is 12.2 Å². The number of halogens is 3. The Morgan fingerprint density at radius 3 is 2.42 bits per heavy atom. The van der Waals surface area contributed by atoms with Gasteiger partial charge in [0.2, 0.25) is 0 Å². The van der Waals surface area contributed by atoms with Gasteiger partial charge >= 0.3 is 0 Å². The van der Waals surface area contributed by atoms with E-state index in [1.165, 1.54) is 18.2 Å². The summed E-state index contributed by atoms with van der Waals surface area (Å²) in [6.45, 7) is 2.02. The summed E-state index contributed by atoms with van der Waals surface area (Å²) in [6, 6.07) is 9.32. The molecule has 3 heteroatoms. The molecule has 0 aliphatic heterocycles. The first kappa shape index (κ1) is 17.4. The van der Waals surface area contributed by atoms with Crippen molar-refractivity contribution in [2.24, 2.45) is 11.8 Å². The van der Waals surface area contributed by atoms with Crippen LogP contribution >= 0.6 is 0 Å². The standard InChI is InChI=1S/C23H23F3/c1-2-3-14-6-9-18-20(23(14)15-4-7-16(24)8-5-15)11-10-19-21(18)12-17(25)13-22(19)26/h2-5,7-8,12-14,18,20,23H,6,9-11H2,1H3. The lowest BCUT2D eigenvalue weighted by atomic mass is 9.58. The van der Waals surface area contributed by atoms with Crippen LogP contribution < -0.4 is 0 Å². The molecule has 1 saturated carbocycles. The Morgan fingerprint density at radius 1 is 0.923 bits per heavy atom. The summed E-state index contributed by atoms with van der Waals surface area (Å²) in [5.74, 6) is -0.00805. The fourth-order valence-corrected chi connectivity index (χ4v) is 5.27. The van der Waals surface area contributed by atoms with Crippen LogP contribution in [0.4, 0.5) is 13.2 Å². The normalized spacial score (nSPS) is 28.0. The molecule has 0 spiro atoms. The lowest BCUT2D eigenvalue weighted by Crippen LogP contribution is -2.35. The number of allylic oxidation sites excluding steroid dienone is 2. The predicted molar refractivity (Wildman–Crippen MR) is 97.6 cm³/mol. The van der Waals surface area contributed by atoms with Gasteiger partial charge in [0.1, 0.15) is 17.5 Å². The zero-order valence-corrected chi connectivity index (χ0v) is 14.9. The third-order valence-corrected chi connectivity index (χ3v) is 6.27. The Bertz CT molecular complexity index is 822. The van der Waals surface area contributed by atoms with E-state index in [1.807, 2.05) is 19.1 Å². The minimum atomic E-state index is -0.490. The average Bonchev–Trinajstić information content (AvgIpc) is 2.62. The Kier molecular flexibility index (Phi) is 4.64. The van der Waals surface area contributed by atoms with Crippen LogP contribution in [0.5, 0.6) is 0 Å². The maximum atomic E-state index is 14.3. The van der Waals surface area contributed by atoms with Gasteiger partial charge in [0, 0.05) is 6.07 Å². The summed E-state index contributed by atoms with van der Waals surface area (Å²) in [5, 5.41) is 0. The maximum Gasteiger partial charge on any atom is 0.129 e. The van der Waals surface area contributed by atoms with Crippen LogP contribution in [0.3, 0.4) is 0 Å². The van der Waals surface area contributed by atoms with Gasteiger partial charge in [-0.05, 0) is 91.2 Å². The van der Waals surface area contributed by atoms with Gasteiger partial charge in [-0.25, -0.2) is 13.2 Å². The second kappa shape index (κ2) is 6.94. The van der Waals surface area contributed by atoms with Crippen LogP contribution in [0.15, 0.2) is 48.6 Å². The van der Waals surface area contributed by atoms with Crippen LogP contribution in [0.1, 0.15) is 54.7 Å². The largest absolute Gasteiger partial charge is 0.207 e. The third kappa shape index (κ3) is 2.98. The molecule has 0 N–H and O–H groups in total. The van der Waals surface area contributed by atoms with Gasteiger partial charge in [-0.1, -0.05) is 24.3 Å². The summed E-state index contributed by atoms with van der Waals surface area (Å²) in [4.78, 5) is 0. The summed E-state index contributed by atoms with van der Waals surface area (Å²) >= 11 is 0. The maximum absolute atomic E-state index is 14.3. The summed E-state index contributed by atoms with van der Waals surface area (Å²) in [7, 11) is 0. The molecule has 2 aromatic carbocycles. The molecule has 0 heterocycles. The molecule has 0 amide bonds. The molecule has 26 heavy (non-hydrogen) atoms. The van der Waals surface area contributed by atoms with Crippen LogP contribution in [0, 0.1) is 29.3 Å². The van der Waals surface area contributed by atoms with E-state index in [9.17, 15) is 13.2 Å². The van der Waals surface area contributed by atoms with Crippen molar-refractivity contribution in [1.82, 2.24) is 0 Å². The summed E-state index contributed by atoms with van der Waals surface area (Å²) in [5.41, 5.74) is 2.67. The molecule has 2 aromatic rings. The molecule has 136 valence electrons. The highest BCUT2D eigenvalue weighted by Gasteiger charge is 2.42. The molecule has 0 radical (unpaired) electrons. The van der Waals surface area contributed by atoms with Crippen molar-refractivity contribution in [3.63, 3.8) is 0 Å². The van der Waals surface area contributed by atoms with Crippen molar-refractivity contribution in [1.29, 1.82) is 0 Å². The van der Waals surface area contributed by atoms with Gasteiger partial charge in [-0.15, -0.1) is 0 Å². The van der Waals surface area contributed by atoms with Crippen LogP contribution in [0.25, 0.3) is 0 Å². The van der Waals surface area contributed by atoms with Gasteiger partial charge in [0.25, 0.3) is 0 Å². The smallest absolute Gasteiger partial charge is 0.129 e. The lowest BCUT2D eigenvalue weighted by molar-refractivity contribution is 0.194. The van der Waals surface area contributed by atoms with E-state index in [-0.39, 0.29) is 17.7 Å². The fourth-order valence-electron chi connectivity index (χ4n) is 5.27. The summed E-state index contributed by atoms with van der Waals surface area (Å²) in [6.07, 6.45) is 7.76. The quantitative estimate of drug-likeness (QED) is 0.537. The minimum Gasteiger partial charge on any atom is -0.207 e. The van der Waals surface area contributed by atoms with E-state index in [0.29, 0.717) is 23.8 Å². The van der Waals surface area contributed by atoms with Crippen molar-refractivity contribution in [3.05, 3.63) is 82.7 Å². The van der Waals surface area contributed by atoms with Crippen molar-refractivity contribution in [3.8, 4) is 0 Å². The van der Waals surface area contributed by atoms with Crippen molar-refractivity contribution in [2.45, 2.75) is 44.4 Å². The van der Waals surface area contributed by atoms with E-state index in [4.69, 9.17) is 0 Å². The van der Waals surface area contributed by atoms with Gasteiger partial charge in [-0.3, -0.25) is 0 Å². The van der Waals surface area contributed by atoms with Gasteiger partial charge < -0.3 is 0 Å². The SMILES string of the molecule is CC=CC1CCC2c3cc(F)cc(F)c3CCC2C1c1ccc(F)cc1. The molecule has 2 aliphatic carbocycles. The highest BCUT2D eigenvalue weighted by Crippen LogP contribution is 2.54. The van der Waals surface area contributed by atoms with Crippen LogP contribution in [-0.2, 0) is 6.42 Å².